The highest BCUT2D eigenvalue weighted by Gasteiger charge is 2.23. The van der Waals surface area contributed by atoms with E-state index >= 15 is 0 Å². The topological polar surface area (TPSA) is 47.9 Å². The van der Waals surface area contributed by atoms with Crippen molar-refractivity contribution in [1.29, 1.82) is 0 Å². The Labute approximate surface area is 163 Å². The second kappa shape index (κ2) is 7.92. The molecule has 4 rings (SSSR count). The average molecular weight is 369 g/mol. The molecule has 0 atom stereocenters. The number of nitrogens with zero attached hydrogens (tertiary/aromatic N) is 1. The highest BCUT2D eigenvalue weighted by Crippen LogP contribution is 2.21. The first-order valence-electron chi connectivity index (χ1n) is 9.04. The van der Waals surface area contributed by atoms with Crippen LogP contribution in [0.25, 0.3) is 6.08 Å². The largest absolute Gasteiger partial charge is 0.489 e. The molecule has 4 heteroatoms. The molecule has 0 bridgehead atoms. The molecule has 0 saturated heterocycles. The lowest BCUT2D eigenvalue weighted by molar-refractivity contribution is -0.129. The molecule has 0 aromatic heterocycles. The molecule has 1 aliphatic heterocycles. The third-order valence-electron chi connectivity index (χ3n) is 4.35. The standard InChI is InChI=1S/C24H19NO3/c1-17-7-11-20(12-8-17)23-25-22(24(26)28-23)15-18-9-13-21(14-10-18)27-16-19-5-3-2-4-6-19/h2-15H,16H2,1H3. The molecule has 1 aliphatic rings. The Morgan fingerprint density at radius 1 is 0.929 bits per heavy atom. The summed E-state index contributed by atoms with van der Waals surface area (Å²) in [4.78, 5) is 16.5. The van der Waals surface area contributed by atoms with Crippen molar-refractivity contribution in [1.82, 2.24) is 0 Å². The first-order valence-corrected chi connectivity index (χ1v) is 9.04. The summed E-state index contributed by atoms with van der Waals surface area (Å²) in [6.45, 7) is 2.52. The number of aliphatic imine (C=N–C) groups is 1. The van der Waals surface area contributed by atoms with E-state index in [0.717, 1.165) is 28.0 Å². The van der Waals surface area contributed by atoms with Crippen LogP contribution in [0.4, 0.5) is 0 Å². The van der Waals surface area contributed by atoms with Crippen molar-refractivity contribution in [2.24, 2.45) is 4.99 Å². The molecule has 0 N–H and O–H groups in total. The highest BCUT2D eigenvalue weighted by molar-refractivity contribution is 6.12. The van der Waals surface area contributed by atoms with Crippen LogP contribution in [0, 0.1) is 6.92 Å². The minimum absolute atomic E-state index is 0.286. The Kier molecular flexibility index (Phi) is 5.02. The quantitative estimate of drug-likeness (QED) is 0.474. The zero-order valence-electron chi connectivity index (χ0n) is 15.5. The fraction of sp³-hybridized carbons (Fsp3) is 0.0833. The van der Waals surface area contributed by atoms with E-state index in [1.54, 1.807) is 6.08 Å². The zero-order valence-corrected chi connectivity index (χ0v) is 15.5. The van der Waals surface area contributed by atoms with E-state index in [2.05, 4.69) is 4.99 Å². The van der Waals surface area contributed by atoms with Gasteiger partial charge in [-0.1, -0.05) is 60.2 Å². The molecule has 3 aromatic rings. The number of esters is 1. The summed E-state index contributed by atoms with van der Waals surface area (Å²) >= 11 is 0. The van der Waals surface area contributed by atoms with Gasteiger partial charge in [-0.2, -0.15) is 0 Å². The predicted octanol–water partition coefficient (Wildman–Crippen LogP) is 4.92. The Bertz CT molecular complexity index is 1030. The summed E-state index contributed by atoms with van der Waals surface area (Å²) in [5.74, 6) is 0.655. The SMILES string of the molecule is Cc1ccc(C2=NC(=Cc3ccc(OCc4ccccc4)cc3)C(=O)O2)cc1. The average Bonchev–Trinajstić information content (AvgIpc) is 3.09. The third-order valence-corrected chi connectivity index (χ3v) is 4.35. The first kappa shape index (κ1) is 17.7. The molecule has 4 nitrogen and oxygen atoms in total. The van der Waals surface area contributed by atoms with Crippen LogP contribution < -0.4 is 4.74 Å². The zero-order chi connectivity index (χ0) is 19.3. The molecule has 0 aliphatic carbocycles. The Morgan fingerprint density at radius 2 is 1.64 bits per heavy atom. The second-order valence-electron chi connectivity index (χ2n) is 6.55. The molecule has 28 heavy (non-hydrogen) atoms. The van der Waals surface area contributed by atoms with Crippen molar-refractivity contribution < 1.29 is 14.3 Å². The number of cyclic esters (lactones) is 1. The van der Waals surface area contributed by atoms with E-state index in [9.17, 15) is 4.79 Å². The van der Waals surface area contributed by atoms with Gasteiger partial charge in [-0.15, -0.1) is 0 Å². The first-order chi connectivity index (χ1) is 13.7. The van der Waals surface area contributed by atoms with Crippen molar-refractivity contribution in [2.75, 3.05) is 0 Å². The van der Waals surface area contributed by atoms with E-state index in [4.69, 9.17) is 9.47 Å². The van der Waals surface area contributed by atoms with E-state index in [0.29, 0.717) is 12.5 Å². The summed E-state index contributed by atoms with van der Waals surface area (Å²) in [6.07, 6.45) is 1.71. The van der Waals surface area contributed by atoms with Gasteiger partial charge in [-0.25, -0.2) is 9.79 Å². The van der Waals surface area contributed by atoms with Crippen molar-refractivity contribution >= 4 is 17.9 Å². The fourth-order valence-electron chi connectivity index (χ4n) is 2.79. The number of benzene rings is 3. The summed E-state index contributed by atoms with van der Waals surface area (Å²) in [6, 6.07) is 25.2. The molecule has 1 heterocycles. The molecular weight excluding hydrogens is 350 g/mol. The lowest BCUT2D eigenvalue weighted by Gasteiger charge is -2.06. The minimum Gasteiger partial charge on any atom is -0.489 e. The fourth-order valence-corrected chi connectivity index (χ4v) is 2.79. The van der Waals surface area contributed by atoms with Gasteiger partial charge < -0.3 is 9.47 Å². The number of hydrogen-bond donors (Lipinski definition) is 0. The Hall–Kier alpha value is -3.66. The number of carbonyl (C=O) groups is 1. The maximum Gasteiger partial charge on any atom is 0.363 e. The summed E-state index contributed by atoms with van der Waals surface area (Å²) < 4.78 is 11.1. The minimum atomic E-state index is -0.444. The molecular formula is C24H19NO3. The van der Waals surface area contributed by atoms with Gasteiger partial charge in [-0.3, -0.25) is 0 Å². The van der Waals surface area contributed by atoms with Crippen LogP contribution in [-0.4, -0.2) is 11.9 Å². The molecule has 0 amide bonds. The predicted molar refractivity (Wildman–Crippen MR) is 109 cm³/mol. The van der Waals surface area contributed by atoms with Gasteiger partial charge in [0, 0.05) is 5.56 Å². The van der Waals surface area contributed by atoms with Gasteiger partial charge in [0.2, 0.25) is 5.90 Å². The molecule has 0 saturated carbocycles. The maximum absolute atomic E-state index is 12.1. The third kappa shape index (κ3) is 4.18. The number of rotatable bonds is 5. The maximum atomic E-state index is 12.1. The van der Waals surface area contributed by atoms with Crippen LogP contribution in [0.3, 0.4) is 0 Å². The van der Waals surface area contributed by atoms with Crippen molar-refractivity contribution in [3.63, 3.8) is 0 Å². The highest BCUT2D eigenvalue weighted by atomic mass is 16.6. The van der Waals surface area contributed by atoms with Gasteiger partial charge >= 0.3 is 5.97 Å². The molecule has 0 spiro atoms. The summed E-state index contributed by atoms with van der Waals surface area (Å²) in [5.41, 5.74) is 4.17. The van der Waals surface area contributed by atoms with Crippen molar-refractivity contribution in [3.05, 3.63) is 107 Å². The summed E-state index contributed by atoms with van der Waals surface area (Å²) in [5, 5.41) is 0. The van der Waals surface area contributed by atoms with Crippen LogP contribution >= 0.6 is 0 Å². The van der Waals surface area contributed by atoms with Crippen molar-refractivity contribution in [2.45, 2.75) is 13.5 Å². The van der Waals surface area contributed by atoms with E-state index in [-0.39, 0.29) is 5.70 Å². The van der Waals surface area contributed by atoms with Gasteiger partial charge in [0.1, 0.15) is 12.4 Å². The van der Waals surface area contributed by atoms with Crippen LogP contribution in [0.1, 0.15) is 22.3 Å². The molecule has 138 valence electrons. The second-order valence-corrected chi connectivity index (χ2v) is 6.55. The summed E-state index contributed by atoms with van der Waals surface area (Å²) in [7, 11) is 0. The number of aryl methyl sites for hydroxylation is 1. The van der Waals surface area contributed by atoms with Gasteiger partial charge in [0.05, 0.1) is 0 Å². The van der Waals surface area contributed by atoms with Gasteiger partial charge in [0.25, 0.3) is 0 Å². The van der Waals surface area contributed by atoms with Crippen LogP contribution in [-0.2, 0) is 16.1 Å². The number of hydrogen-bond acceptors (Lipinski definition) is 4. The monoisotopic (exact) mass is 369 g/mol. The molecule has 0 radical (unpaired) electrons. The molecule has 0 unspecified atom stereocenters. The van der Waals surface area contributed by atoms with Gasteiger partial charge in [0.15, 0.2) is 5.70 Å². The van der Waals surface area contributed by atoms with E-state index in [1.807, 2.05) is 85.8 Å². The van der Waals surface area contributed by atoms with Crippen molar-refractivity contribution in [3.8, 4) is 5.75 Å². The Balaban J connectivity index is 1.46. The lowest BCUT2D eigenvalue weighted by Crippen LogP contribution is -2.05. The van der Waals surface area contributed by atoms with E-state index < -0.39 is 5.97 Å². The number of carbonyl (C=O) groups excluding carboxylic acids is 1. The Morgan fingerprint density at radius 3 is 2.36 bits per heavy atom. The van der Waals surface area contributed by atoms with Crippen LogP contribution in [0.15, 0.2) is 89.6 Å². The molecule has 3 aromatic carbocycles. The lowest BCUT2D eigenvalue weighted by atomic mass is 10.1. The normalized spacial score (nSPS) is 14.7. The van der Waals surface area contributed by atoms with Crippen LogP contribution in [0.2, 0.25) is 0 Å². The smallest absolute Gasteiger partial charge is 0.363 e. The van der Waals surface area contributed by atoms with Crippen LogP contribution in [0.5, 0.6) is 5.75 Å². The number of ether oxygens (including phenoxy) is 2. The van der Waals surface area contributed by atoms with Gasteiger partial charge in [-0.05, 0) is 48.4 Å². The van der Waals surface area contributed by atoms with E-state index in [1.165, 1.54) is 0 Å². The molecule has 0 fully saturated rings.